The van der Waals surface area contributed by atoms with Gasteiger partial charge in [-0.3, -0.25) is 4.79 Å². The lowest BCUT2D eigenvalue weighted by molar-refractivity contribution is 0.0901. The Hall–Kier alpha value is -1.03. The molecule has 1 atom stereocenters. The number of hydrogen-bond donors (Lipinski definition) is 2. The summed E-state index contributed by atoms with van der Waals surface area (Å²) < 4.78 is 0. The van der Waals surface area contributed by atoms with Crippen molar-refractivity contribution < 1.29 is 9.90 Å². The molecule has 0 heterocycles. The third kappa shape index (κ3) is 4.33. The van der Waals surface area contributed by atoms with E-state index in [9.17, 15) is 9.90 Å². The van der Waals surface area contributed by atoms with Crippen LogP contribution in [0.1, 0.15) is 37.6 Å². The highest BCUT2D eigenvalue weighted by Crippen LogP contribution is 2.23. The second-order valence-electron chi connectivity index (χ2n) is 5.42. The van der Waals surface area contributed by atoms with Gasteiger partial charge in [0.15, 0.2) is 0 Å². The molecular formula is C14H20BrNO2. The molecule has 3 nitrogen and oxygen atoms in total. The van der Waals surface area contributed by atoms with Gasteiger partial charge in [-0.15, -0.1) is 0 Å². The van der Waals surface area contributed by atoms with Gasteiger partial charge in [-0.25, -0.2) is 0 Å². The minimum Gasteiger partial charge on any atom is -0.508 e. The molecule has 0 fully saturated rings. The first-order valence-electron chi connectivity index (χ1n) is 6.00. The first-order chi connectivity index (χ1) is 8.34. The molecule has 0 aliphatic rings. The van der Waals surface area contributed by atoms with Crippen LogP contribution in [0.4, 0.5) is 0 Å². The van der Waals surface area contributed by atoms with Crippen LogP contribution in [0.25, 0.3) is 0 Å². The van der Waals surface area contributed by atoms with Crippen molar-refractivity contribution in [3.8, 4) is 5.75 Å². The molecule has 0 aromatic heterocycles. The van der Waals surface area contributed by atoms with Crippen LogP contribution in [0.3, 0.4) is 0 Å². The number of alkyl halides is 1. The van der Waals surface area contributed by atoms with Crippen molar-refractivity contribution in [3.05, 3.63) is 29.8 Å². The topological polar surface area (TPSA) is 49.3 Å². The summed E-state index contributed by atoms with van der Waals surface area (Å²) >= 11 is 3.41. The van der Waals surface area contributed by atoms with Crippen molar-refractivity contribution in [1.82, 2.24) is 5.32 Å². The number of hydrogen-bond acceptors (Lipinski definition) is 2. The predicted octanol–water partition coefficient (Wildman–Crippen LogP) is 3.32. The van der Waals surface area contributed by atoms with E-state index in [1.165, 1.54) is 12.1 Å². The highest BCUT2D eigenvalue weighted by atomic mass is 79.9. The number of rotatable bonds is 4. The average molecular weight is 314 g/mol. The van der Waals surface area contributed by atoms with E-state index in [1.54, 1.807) is 12.1 Å². The molecule has 0 aliphatic heterocycles. The van der Waals surface area contributed by atoms with Crippen molar-refractivity contribution in [1.29, 1.82) is 0 Å². The molecule has 1 rings (SSSR count). The number of phenolic OH excluding ortho intramolecular Hbond substituents is 1. The molecule has 4 heteroatoms. The SMILES string of the molecule is CC(C)(C)C(CCBr)NC(=O)c1ccc(O)cc1. The summed E-state index contributed by atoms with van der Waals surface area (Å²) in [4.78, 5) is 12.1. The lowest BCUT2D eigenvalue weighted by Gasteiger charge is -2.31. The van der Waals surface area contributed by atoms with Gasteiger partial charge in [-0.2, -0.15) is 0 Å². The normalized spacial score (nSPS) is 13.1. The Morgan fingerprint density at radius 2 is 1.89 bits per heavy atom. The lowest BCUT2D eigenvalue weighted by Crippen LogP contribution is -2.43. The minimum absolute atomic E-state index is 0.0142. The van der Waals surface area contributed by atoms with Crippen LogP contribution in [0.5, 0.6) is 5.75 Å². The Kier molecular flexibility index (Phi) is 5.20. The third-order valence-electron chi connectivity index (χ3n) is 2.88. The van der Waals surface area contributed by atoms with Crippen LogP contribution >= 0.6 is 15.9 Å². The van der Waals surface area contributed by atoms with Crippen LogP contribution in [0, 0.1) is 5.41 Å². The van der Waals surface area contributed by atoms with Gasteiger partial charge in [-0.05, 0) is 36.1 Å². The molecule has 0 radical (unpaired) electrons. The van der Waals surface area contributed by atoms with E-state index >= 15 is 0 Å². The van der Waals surface area contributed by atoms with Gasteiger partial charge in [0, 0.05) is 16.9 Å². The van der Waals surface area contributed by atoms with Gasteiger partial charge >= 0.3 is 0 Å². The number of halogens is 1. The van der Waals surface area contributed by atoms with Gasteiger partial charge in [-0.1, -0.05) is 36.7 Å². The summed E-state index contributed by atoms with van der Waals surface area (Å²) in [6.07, 6.45) is 0.882. The van der Waals surface area contributed by atoms with E-state index in [1.807, 2.05) is 0 Å². The van der Waals surface area contributed by atoms with Crippen molar-refractivity contribution in [2.45, 2.75) is 33.2 Å². The van der Waals surface area contributed by atoms with Crippen LogP contribution in [0.2, 0.25) is 0 Å². The molecule has 2 N–H and O–H groups in total. The summed E-state index contributed by atoms with van der Waals surface area (Å²) in [5.41, 5.74) is 0.581. The van der Waals surface area contributed by atoms with Gasteiger partial charge in [0.25, 0.3) is 5.91 Å². The summed E-state index contributed by atoms with van der Waals surface area (Å²) in [5.74, 6) is 0.0651. The molecule has 1 unspecified atom stereocenters. The second kappa shape index (κ2) is 6.23. The fourth-order valence-corrected chi connectivity index (χ4v) is 2.14. The fraction of sp³-hybridized carbons (Fsp3) is 0.500. The van der Waals surface area contributed by atoms with Crippen LogP contribution < -0.4 is 5.32 Å². The maximum absolute atomic E-state index is 12.1. The van der Waals surface area contributed by atoms with Gasteiger partial charge < -0.3 is 10.4 Å². The lowest BCUT2D eigenvalue weighted by atomic mass is 9.85. The largest absolute Gasteiger partial charge is 0.508 e. The third-order valence-corrected chi connectivity index (χ3v) is 3.34. The molecule has 0 bridgehead atoms. The zero-order chi connectivity index (χ0) is 13.8. The number of carbonyl (C=O) groups is 1. The summed E-state index contributed by atoms with van der Waals surface area (Å²) in [6.45, 7) is 6.33. The Bertz CT molecular complexity index is 395. The molecule has 100 valence electrons. The fourth-order valence-electron chi connectivity index (χ4n) is 1.69. The number of carbonyl (C=O) groups excluding carboxylic acids is 1. The minimum atomic E-state index is -0.101. The molecule has 1 amide bonds. The maximum Gasteiger partial charge on any atom is 0.251 e. The van der Waals surface area contributed by atoms with Gasteiger partial charge in [0.05, 0.1) is 0 Å². The molecule has 0 saturated heterocycles. The number of amides is 1. The molecule has 0 saturated carbocycles. The molecule has 1 aromatic rings. The molecule has 0 aliphatic carbocycles. The standard InChI is InChI=1S/C14H20BrNO2/c1-14(2,3)12(8-9-15)16-13(18)10-4-6-11(17)7-5-10/h4-7,12,17H,8-9H2,1-3H3,(H,16,18). The number of nitrogens with one attached hydrogen (secondary N) is 1. The zero-order valence-corrected chi connectivity index (χ0v) is 12.6. The Balaban J connectivity index is 2.75. The average Bonchev–Trinajstić information content (AvgIpc) is 2.28. The van der Waals surface area contributed by atoms with Crippen molar-refractivity contribution in [3.63, 3.8) is 0 Å². The first kappa shape index (κ1) is 15.0. The first-order valence-corrected chi connectivity index (χ1v) is 7.12. The summed E-state index contributed by atoms with van der Waals surface area (Å²) in [7, 11) is 0. The van der Waals surface area contributed by atoms with Crippen LogP contribution in [0.15, 0.2) is 24.3 Å². The second-order valence-corrected chi connectivity index (χ2v) is 6.21. The number of phenols is 1. The van der Waals surface area contributed by atoms with E-state index in [-0.39, 0.29) is 23.1 Å². The number of benzene rings is 1. The Morgan fingerprint density at radius 3 is 2.33 bits per heavy atom. The van der Waals surface area contributed by atoms with Crippen molar-refractivity contribution >= 4 is 21.8 Å². The Labute approximate surface area is 117 Å². The summed E-state index contributed by atoms with van der Waals surface area (Å²) in [5, 5.41) is 13.1. The predicted molar refractivity (Wildman–Crippen MR) is 77.2 cm³/mol. The maximum atomic E-state index is 12.1. The van der Waals surface area contributed by atoms with Gasteiger partial charge in [0.2, 0.25) is 0 Å². The van der Waals surface area contributed by atoms with E-state index in [2.05, 4.69) is 42.0 Å². The quantitative estimate of drug-likeness (QED) is 0.838. The van der Waals surface area contributed by atoms with Crippen molar-refractivity contribution in [2.75, 3.05) is 5.33 Å². The van der Waals surface area contributed by atoms with Crippen LogP contribution in [-0.4, -0.2) is 22.4 Å². The van der Waals surface area contributed by atoms with E-state index in [0.29, 0.717) is 5.56 Å². The highest BCUT2D eigenvalue weighted by molar-refractivity contribution is 9.09. The molecule has 1 aromatic carbocycles. The molecule has 18 heavy (non-hydrogen) atoms. The smallest absolute Gasteiger partial charge is 0.251 e. The zero-order valence-electron chi connectivity index (χ0n) is 11.0. The van der Waals surface area contributed by atoms with Crippen LogP contribution in [-0.2, 0) is 0 Å². The Morgan fingerprint density at radius 1 is 1.33 bits per heavy atom. The highest BCUT2D eigenvalue weighted by Gasteiger charge is 2.25. The summed E-state index contributed by atoms with van der Waals surface area (Å²) in [6, 6.07) is 6.40. The number of aromatic hydroxyl groups is 1. The molecular weight excluding hydrogens is 294 g/mol. The van der Waals surface area contributed by atoms with Gasteiger partial charge in [0.1, 0.15) is 5.75 Å². The molecule has 0 spiro atoms. The monoisotopic (exact) mass is 313 g/mol. The van der Waals surface area contributed by atoms with E-state index in [4.69, 9.17) is 0 Å². The van der Waals surface area contributed by atoms with Crippen molar-refractivity contribution in [2.24, 2.45) is 5.41 Å². The van der Waals surface area contributed by atoms with E-state index in [0.717, 1.165) is 11.8 Å². The van der Waals surface area contributed by atoms with E-state index < -0.39 is 0 Å².